The van der Waals surface area contributed by atoms with Gasteiger partial charge in [-0.15, -0.1) is 0 Å². The fourth-order valence-electron chi connectivity index (χ4n) is 1.62. The minimum atomic E-state index is -0.348. The molecule has 0 spiro atoms. The van der Waals surface area contributed by atoms with E-state index in [1.54, 1.807) is 25.1 Å². The van der Waals surface area contributed by atoms with Crippen LogP contribution in [0.5, 0.6) is 0 Å². The summed E-state index contributed by atoms with van der Waals surface area (Å²) in [5.74, 6) is -0.122. The van der Waals surface area contributed by atoms with Crippen LogP contribution in [-0.2, 0) is 4.79 Å². The third kappa shape index (κ3) is 3.74. The first-order chi connectivity index (χ1) is 9.56. The number of carbonyl (C=O) groups excluding carboxylic acids is 1. The Labute approximate surface area is 122 Å². The molecule has 0 unspecified atom stereocenters. The number of nitrogens with one attached hydrogen (secondary N) is 1. The average molecular weight is 288 g/mol. The second kappa shape index (κ2) is 6.43. The van der Waals surface area contributed by atoms with Crippen LogP contribution in [0.2, 0.25) is 0 Å². The summed E-state index contributed by atoms with van der Waals surface area (Å²) in [6, 6.07) is 12.7. The largest absolute Gasteiger partial charge is 0.618 e. The average Bonchev–Trinajstić information content (AvgIpc) is 2.44. The zero-order chi connectivity index (χ0) is 14.5. The highest BCUT2D eigenvalue weighted by Crippen LogP contribution is 2.21. The Balaban J connectivity index is 1.99. The molecule has 2 rings (SSSR count). The molecule has 20 heavy (non-hydrogen) atoms. The zero-order valence-corrected chi connectivity index (χ0v) is 12.2. The van der Waals surface area contributed by atoms with Gasteiger partial charge in [0.15, 0.2) is 6.20 Å². The van der Waals surface area contributed by atoms with E-state index in [2.05, 4.69) is 5.32 Å². The normalized spacial score (nSPS) is 11.9. The van der Waals surface area contributed by atoms with Gasteiger partial charge < -0.3 is 10.5 Å². The van der Waals surface area contributed by atoms with Crippen LogP contribution in [0.4, 0.5) is 5.69 Å². The van der Waals surface area contributed by atoms with Crippen LogP contribution in [0.3, 0.4) is 0 Å². The highest BCUT2D eigenvalue weighted by Gasteiger charge is 2.18. The third-order valence-electron chi connectivity index (χ3n) is 2.77. The van der Waals surface area contributed by atoms with Crippen LogP contribution in [0.1, 0.15) is 12.5 Å². The molecule has 0 saturated heterocycles. The van der Waals surface area contributed by atoms with Gasteiger partial charge in [-0.2, -0.15) is 4.73 Å². The van der Waals surface area contributed by atoms with Gasteiger partial charge in [0.05, 0.1) is 5.25 Å². The van der Waals surface area contributed by atoms with Crippen molar-refractivity contribution in [1.29, 1.82) is 0 Å². The van der Waals surface area contributed by atoms with Crippen molar-refractivity contribution in [2.75, 3.05) is 5.32 Å². The van der Waals surface area contributed by atoms with Gasteiger partial charge in [-0.3, -0.25) is 4.79 Å². The van der Waals surface area contributed by atoms with Crippen LogP contribution in [0.25, 0.3) is 0 Å². The SMILES string of the molecule is Cc1ccc(NC(=O)[C@H](C)Sc2cccc[n+]2[O-])cc1. The van der Waals surface area contributed by atoms with Gasteiger partial charge in [-0.1, -0.05) is 17.7 Å². The summed E-state index contributed by atoms with van der Waals surface area (Å²) < 4.78 is 0.764. The van der Waals surface area contributed by atoms with E-state index < -0.39 is 0 Å². The monoisotopic (exact) mass is 288 g/mol. The van der Waals surface area contributed by atoms with E-state index in [0.29, 0.717) is 5.03 Å². The van der Waals surface area contributed by atoms with Crippen LogP contribution in [0.15, 0.2) is 53.7 Å². The molecule has 0 radical (unpaired) electrons. The molecule has 4 nitrogen and oxygen atoms in total. The van der Waals surface area contributed by atoms with Gasteiger partial charge in [0, 0.05) is 17.8 Å². The summed E-state index contributed by atoms with van der Waals surface area (Å²) in [5, 5.41) is 14.5. The van der Waals surface area contributed by atoms with E-state index in [0.717, 1.165) is 16.0 Å². The zero-order valence-electron chi connectivity index (χ0n) is 11.4. The Morgan fingerprint density at radius 1 is 1.25 bits per heavy atom. The van der Waals surface area contributed by atoms with Crippen molar-refractivity contribution >= 4 is 23.4 Å². The minimum absolute atomic E-state index is 0.122. The number of nitrogens with zero attached hydrogens (tertiary/aromatic N) is 1. The molecule has 0 bridgehead atoms. The van der Waals surface area contributed by atoms with Gasteiger partial charge in [0.25, 0.3) is 5.03 Å². The molecule has 2 aromatic rings. The first kappa shape index (κ1) is 14.4. The maximum absolute atomic E-state index is 12.1. The van der Waals surface area contributed by atoms with E-state index in [9.17, 15) is 10.0 Å². The molecule has 0 aliphatic heterocycles. The maximum Gasteiger partial charge on any atom is 0.252 e. The molecule has 1 amide bonds. The molecule has 0 aliphatic carbocycles. The Morgan fingerprint density at radius 3 is 2.60 bits per heavy atom. The lowest BCUT2D eigenvalue weighted by Crippen LogP contribution is -2.30. The van der Waals surface area contributed by atoms with Gasteiger partial charge in [-0.25, -0.2) is 0 Å². The Hall–Kier alpha value is -2.01. The predicted octanol–water partition coefficient (Wildman–Crippen LogP) is 2.75. The number of hydrogen-bond acceptors (Lipinski definition) is 3. The standard InChI is InChI=1S/C15H16N2O2S/c1-11-6-8-13(9-7-11)16-15(18)12(2)20-14-5-3-4-10-17(14)19/h3-10,12H,1-2H3,(H,16,18)/t12-/m0/s1. The maximum atomic E-state index is 12.1. The smallest absolute Gasteiger partial charge is 0.252 e. The summed E-state index contributed by atoms with van der Waals surface area (Å²) in [6.07, 6.45) is 1.42. The molecular formula is C15H16N2O2S. The molecular weight excluding hydrogens is 272 g/mol. The summed E-state index contributed by atoms with van der Waals surface area (Å²) >= 11 is 1.24. The molecule has 1 atom stereocenters. The Morgan fingerprint density at radius 2 is 1.95 bits per heavy atom. The van der Waals surface area contributed by atoms with E-state index in [-0.39, 0.29) is 11.2 Å². The molecule has 1 aromatic heterocycles. The molecule has 0 fully saturated rings. The third-order valence-corrected chi connectivity index (χ3v) is 3.90. The molecule has 1 heterocycles. The number of anilines is 1. The molecule has 1 N–H and O–H groups in total. The molecule has 1 aromatic carbocycles. The number of carbonyl (C=O) groups is 1. The van der Waals surface area contributed by atoms with Crippen LogP contribution < -0.4 is 10.0 Å². The van der Waals surface area contributed by atoms with Gasteiger partial charge in [0.1, 0.15) is 0 Å². The summed E-state index contributed by atoms with van der Waals surface area (Å²) in [7, 11) is 0. The lowest BCUT2D eigenvalue weighted by atomic mass is 10.2. The summed E-state index contributed by atoms with van der Waals surface area (Å²) in [5.41, 5.74) is 1.90. The second-order valence-corrected chi connectivity index (χ2v) is 5.84. The Kier molecular flexibility index (Phi) is 4.63. The molecule has 104 valence electrons. The van der Waals surface area contributed by atoms with Crippen molar-refractivity contribution in [3.05, 3.63) is 59.4 Å². The van der Waals surface area contributed by atoms with E-state index in [1.165, 1.54) is 18.0 Å². The van der Waals surface area contributed by atoms with Gasteiger partial charge >= 0.3 is 0 Å². The van der Waals surface area contributed by atoms with Crippen LogP contribution in [-0.4, -0.2) is 11.2 Å². The van der Waals surface area contributed by atoms with E-state index in [1.807, 2.05) is 31.2 Å². The van der Waals surface area contributed by atoms with Gasteiger partial charge in [-0.05, 0) is 43.8 Å². The van der Waals surface area contributed by atoms with Crippen molar-refractivity contribution in [2.24, 2.45) is 0 Å². The van der Waals surface area contributed by atoms with Crippen molar-refractivity contribution in [2.45, 2.75) is 24.1 Å². The Bertz CT molecular complexity index is 599. The van der Waals surface area contributed by atoms with Crippen LogP contribution in [0, 0.1) is 12.1 Å². The summed E-state index contributed by atoms with van der Waals surface area (Å²) in [6.45, 7) is 3.77. The van der Waals surface area contributed by atoms with Crippen molar-refractivity contribution in [3.63, 3.8) is 0 Å². The summed E-state index contributed by atoms with van der Waals surface area (Å²) in [4.78, 5) is 12.1. The molecule has 0 saturated carbocycles. The number of amides is 1. The number of hydrogen-bond donors (Lipinski definition) is 1. The van der Waals surface area contributed by atoms with Crippen LogP contribution >= 0.6 is 11.8 Å². The number of thioether (sulfide) groups is 1. The number of aromatic nitrogens is 1. The quantitative estimate of drug-likeness (QED) is 0.534. The highest BCUT2D eigenvalue weighted by atomic mass is 32.2. The van der Waals surface area contributed by atoms with Crippen molar-refractivity contribution in [3.8, 4) is 0 Å². The molecule has 5 heteroatoms. The van der Waals surface area contributed by atoms with Gasteiger partial charge in [0.2, 0.25) is 5.91 Å². The fraction of sp³-hybridized carbons (Fsp3) is 0.200. The lowest BCUT2D eigenvalue weighted by Gasteiger charge is -2.11. The highest BCUT2D eigenvalue weighted by molar-refractivity contribution is 8.00. The predicted molar refractivity (Wildman–Crippen MR) is 80.5 cm³/mol. The number of aryl methyl sites for hydroxylation is 1. The number of pyridine rings is 1. The first-order valence-corrected chi connectivity index (χ1v) is 7.16. The van der Waals surface area contributed by atoms with Crippen molar-refractivity contribution < 1.29 is 9.52 Å². The molecule has 0 aliphatic rings. The topological polar surface area (TPSA) is 56.0 Å². The minimum Gasteiger partial charge on any atom is -0.618 e. The lowest BCUT2D eigenvalue weighted by molar-refractivity contribution is -0.645. The fourth-order valence-corrected chi connectivity index (χ4v) is 2.47. The van der Waals surface area contributed by atoms with E-state index >= 15 is 0 Å². The van der Waals surface area contributed by atoms with Crippen molar-refractivity contribution in [1.82, 2.24) is 0 Å². The second-order valence-electron chi connectivity index (χ2n) is 4.48. The van der Waals surface area contributed by atoms with E-state index in [4.69, 9.17) is 0 Å². The first-order valence-electron chi connectivity index (χ1n) is 6.28. The number of rotatable bonds is 4. The number of benzene rings is 1.